The third kappa shape index (κ3) is 3.34. The van der Waals surface area contributed by atoms with E-state index in [1.165, 1.54) is 31.5 Å². The van der Waals surface area contributed by atoms with Crippen LogP contribution in [0.1, 0.15) is 59.3 Å². The Kier molecular flexibility index (Phi) is 6.33. The van der Waals surface area contributed by atoms with Crippen LogP contribution < -0.4 is 11.3 Å². The van der Waals surface area contributed by atoms with E-state index in [2.05, 4.69) is 37.7 Å². The Balaban J connectivity index is 2.81. The van der Waals surface area contributed by atoms with Gasteiger partial charge in [0.05, 0.1) is 0 Å². The summed E-state index contributed by atoms with van der Waals surface area (Å²) in [7, 11) is 0. The van der Waals surface area contributed by atoms with Crippen molar-refractivity contribution in [2.24, 2.45) is 5.84 Å². The van der Waals surface area contributed by atoms with Crippen molar-refractivity contribution in [1.82, 2.24) is 10.3 Å². The van der Waals surface area contributed by atoms with Crippen molar-refractivity contribution in [3.63, 3.8) is 0 Å². The van der Waals surface area contributed by atoms with Gasteiger partial charge in [-0.15, -0.1) is 6.58 Å². The smallest absolute Gasteiger partial charge is 0.0397 e. The summed E-state index contributed by atoms with van der Waals surface area (Å²) < 4.78 is 0. The van der Waals surface area contributed by atoms with Crippen molar-refractivity contribution in [3.05, 3.63) is 12.2 Å². The molecule has 106 valence electrons. The van der Waals surface area contributed by atoms with Crippen LogP contribution >= 0.6 is 0 Å². The van der Waals surface area contributed by atoms with Crippen LogP contribution in [0.25, 0.3) is 0 Å². The molecule has 1 aliphatic rings. The quantitative estimate of drug-likeness (QED) is 0.397. The van der Waals surface area contributed by atoms with Gasteiger partial charge in [-0.25, -0.2) is 0 Å². The maximum Gasteiger partial charge on any atom is 0.0397 e. The third-order valence-electron chi connectivity index (χ3n) is 4.67. The average Bonchev–Trinajstić information content (AvgIpc) is 2.88. The lowest BCUT2D eigenvalue weighted by Crippen LogP contribution is -2.61. The van der Waals surface area contributed by atoms with E-state index in [9.17, 15) is 0 Å². The summed E-state index contributed by atoms with van der Waals surface area (Å²) in [5, 5.41) is 0. The van der Waals surface area contributed by atoms with E-state index in [1.807, 2.05) is 0 Å². The molecule has 1 aliphatic heterocycles. The zero-order valence-corrected chi connectivity index (χ0v) is 12.5. The fourth-order valence-corrected chi connectivity index (χ4v) is 3.47. The molecular weight excluding hydrogens is 222 g/mol. The van der Waals surface area contributed by atoms with Crippen LogP contribution in [0.3, 0.4) is 0 Å². The van der Waals surface area contributed by atoms with Crippen molar-refractivity contribution in [2.75, 3.05) is 13.1 Å². The summed E-state index contributed by atoms with van der Waals surface area (Å²) in [5.74, 6) is 5.86. The molecule has 0 spiro atoms. The molecule has 0 aromatic carbocycles. The predicted octanol–water partition coefficient (Wildman–Crippen LogP) is 2.83. The molecule has 1 heterocycles. The normalized spacial score (nSPS) is 19.1. The second-order valence-electron chi connectivity index (χ2n) is 5.72. The van der Waals surface area contributed by atoms with Crippen molar-refractivity contribution in [1.29, 1.82) is 0 Å². The minimum absolute atomic E-state index is 0.223. The van der Waals surface area contributed by atoms with Gasteiger partial charge in [0.15, 0.2) is 0 Å². The fraction of sp³-hybridized carbons (Fsp3) is 0.867. The lowest BCUT2D eigenvalue weighted by atomic mass is 9.80. The minimum atomic E-state index is 0.223. The molecule has 1 rings (SSSR count). The molecule has 0 bridgehead atoms. The predicted molar refractivity (Wildman–Crippen MR) is 79.3 cm³/mol. The highest BCUT2D eigenvalue weighted by molar-refractivity contribution is 5.01. The van der Waals surface area contributed by atoms with Gasteiger partial charge in [-0.2, -0.15) is 0 Å². The Morgan fingerprint density at radius 1 is 1.33 bits per heavy atom. The van der Waals surface area contributed by atoms with Crippen molar-refractivity contribution >= 4 is 0 Å². The summed E-state index contributed by atoms with van der Waals surface area (Å²) in [6.45, 7) is 13.2. The summed E-state index contributed by atoms with van der Waals surface area (Å²) in [5.41, 5.74) is 4.57. The summed E-state index contributed by atoms with van der Waals surface area (Å²) >= 11 is 0. The Morgan fingerprint density at radius 3 is 2.28 bits per heavy atom. The van der Waals surface area contributed by atoms with E-state index in [0.717, 1.165) is 25.7 Å². The highest BCUT2D eigenvalue weighted by Gasteiger charge is 2.41. The molecule has 1 fully saturated rings. The van der Waals surface area contributed by atoms with Crippen LogP contribution in [0.2, 0.25) is 0 Å². The largest absolute Gasteiger partial charge is 0.296 e. The van der Waals surface area contributed by atoms with Crippen molar-refractivity contribution in [2.45, 2.75) is 70.9 Å². The zero-order valence-electron chi connectivity index (χ0n) is 12.5. The number of nitrogens with zero attached hydrogens (tertiary/aromatic N) is 1. The first-order chi connectivity index (χ1) is 8.60. The molecule has 1 saturated heterocycles. The molecule has 0 saturated carbocycles. The number of likely N-dealkylation sites (tertiary alicyclic amines) is 1. The van der Waals surface area contributed by atoms with Crippen molar-refractivity contribution < 1.29 is 0 Å². The van der Waals surface area contributed by atoms with Crippen LogP contribution in [-0.2, 0) is 0 Å². The first-order valence-electron chi connectivity index (χ1n) is 7.46. The van der Waals surface area contributed by atoms with E-state index in [4.69, 9.17) is 5.84 Å². The van der Waals surface area contributed by atoms with Gasteiger partial charge in [-0.3, -0.25) is 16.2 Å². The lowest BCUT2D eigenvalue weighted by molar-refractivity contribution is 0.0587. The minimum Gasteiger partial charge on any atom is -0.296 e. The van der Waals surface area contributed by atoms with Crippen LogP contribution in [0.5, 0.6) is 0 Å². The van der Waals surface area contributed by atoms with Crippen LogP contribution in [0.15, 0.2) is 12.2 Å². The van der Waals surface area contributed by atoms with E-state index in [1.54, 1.807) is 0 Å². The number of hydrazine groups is 1. The van der Waals surface area contributed by atoms with Gasteiger partial charge in [-0.1, -0.05) is 19.4 Å². The maximum absolute atomic E-state index is 5.86. The molecule has 0 aromatic heterocycles. The molecule has 0 amide bonds. The number of hydrogen-bond acceptors (Lipinski definition) is 3. The second kappa shape index (κ2) is 7.27. The summed E-state index contributed by atoms with van der Waals surface area (Å²) in [4.78, 5) is 2.66. The Morgan fingerprint density at radius 2 is 1.89 bits per heavy atom. The molecular formula is C15H31N3. The fourth-order valence-electron chi connectivity index (χ4n) is 3.47. The molecule has 1 unspecified atom stereocenters. The second-order valence-corrected chi connectivity index (χ2v) is 5.72. The molecule has 3 N–H and O–H groups in total. The number of nitrogens with one attached hydrogen (secondary N) is 1. The number of hydrogen-bond donors (Lipinski definition) is 2. The number of allylic oxidation sites excluding steroid dienone is 1. The Hall–Kier alpha value is -0.380. The number of rotatable bonds is 8. The average molecular weight is 253 g/mol. The lowest BCUT2D eigenvalue weighted by Gasteiger charge is -2.46. The molecule has 0 radical (unpaired) electrons. The van der Waals surface area contributed by atoms with Gasteiger partial charge >= 0.3 is 0 Å². The molecule has 0 aliphatic carbocycles. The number of nitrogens with two attached hydrogens (primary N) is 1. The zero-order chi connectivity index (χ0) is 13.6. The van der Waals surface area contributed by atoms with E-state index >= 15 is 0 Å². The monoisotopic (exact) mass is 253 g/mol. The van der Waals surface area contributed by atoms with E-state index in [0.29, 0.717) is 6.04 Å². The first-order valence-corrected chi connectivity index (χ1v) is 7.46. The van der Waals surface area contributed by atoms with Gasteiger partial charge in [-0.05, 0) is 58.5 Å². The first kappa shape index (κ1) is 15.7. The third-order valence-corrected chi connectivity index (χ3v) is 4.67. The van der Waals surface area contributed by atoms with Crippen LogP contribution in [-0.4, -0.2) is 29.6 Å². The molecule has 3 heteroatoms. The Bertz CT molecular complexity index is 252. The standard InChI is InChI=1S/C15H31N3/c1-5-15(6-2,18-11-7-8-12-18)14(17-16)10-9-13(3)4/h14,17H,3,5-12,16H2,1-2,4H3. The molecule has 18 heavy (non-hydrogen) atoms. The van der Waals surface area contributed by atoms with Crippen LogP contribution in [0.4, 0.5) is 0 Å². The maximum atomic E-state index is 5.86. The summed E-state index contributed by atoms with van der Waals surface area (Å²) in [6, 6.07) is 0.363. The topological polar surface area (TPSA) is 41.3 Å². The van der Waals surface area contributed by atoms with Crippen molar-refractivity contribution in [3.8, 4) is 0 Å². The molecule has 1 atom stereocenters. The van der Waals surface area contributed by atoms with E-state index < -0.39 is 0 Å². The highest BCUT2D eigenvalue weighted by atomic mass is 15.3. The van der Waals surface area contributed by atoms with Gasteiger partial charge in [0.1, 0.15) is 0 Å². The Labute approximate surface area is 113 Å². The SMILES string of the molecule is C=C(C)CCC(NN)C(CC)(CC)N1CCCC1. The van der Waals surface area contributed by atoms with Crippen LogP contribution in [0, 0.1) is 0 Å². The highest BCUT2D eigenvalue weighted by Crippen LogP contribution is 2.33. The van der Waals surface area contributed by atoms with Gasteiger partial charge in [0.25, 0.3) is 0 Å². The van der Waals surface area contributed by atoms with Gasteiger partial charge in [0, 0.05) is 11.6 Å². The van der Waals surface area contributed by atoms with Gasteiger partial charge in [0.2, 0.25) is 0 Å². The molecule has 3 nitrogen and oxygen atoms in total. The van der Waals surface area contributed by atoms with Gasteiger partial charge < -0.3 is 0 Å². The molecule has 0 aromatic rings. The summed E-state index contributed by atoms with van der Waals surface area (Å²) in [6.07, 6.45) is 7.14. The van der Waals surface area contributed by atoms with E-state index in [-0.39, 0.29) is 5.54 Å².